The molecule has 1 atom stereocenters. The lowest BCUT2D eigenvalue weighted by Crippen LogP contribution is -2.43. The van der Waals surface area contributed by atoms with E-state index in [-0.39, 0.29) is 0 Å². The van der Waals surface area contributed by atoms with Gasteiger partial charge in [-0.2, -0.15) is 4.98 Å². The Morgan fingerprint density at radius 1 is 1.25 bits per heavy atom. The van der Waals surface area contributed by atoms with Crippen LogP contribution in [-0.4, -0.2) is 61.3 Å². The molecule has 3 rings (SSSR count). The van der Waals surface area contributed by atoms with Crippen molar-refractivity contribution in [2.45, 2.75) is 32.2 Å². The Labute approximate surface area is 166 Å². The van der Waals surface area contributed by atoms with Crippen LogP contribution in [0.3, 0.4) is 0 Å². The molecule has 2 N–H and O–H groups in total. The summed E-state index contributed by atoms with van der Waals surface area (Å²) in [5.74, 6) is 2.94. The fourth-order valence-corrected chi connectivity index (χ4v) is 3.48. The van der Waals surface area contributed by atoms with Gasteiger partial charge in [-0.15, -0.1) is 0 Å². The van der Waals surface area contributed by atoms with Crippen LogP contribution in [-0.2, 0) is 6.42 Å². The van der Waals surface area contributed by atoms with Gasteiger partial charge in [0.05, 0.1) is 13.2 Å². The summed E-state index contributed by atoms with van der Waals surface area (Å²) in [4.78, 5) is 11.1. The number of hydrogen-bond donors (Lipinski definition) is 2. The summed E-state index contributed by atoms with van der Waals surface area (Å²) in [5.41, 5.74) is 1.28. The first-order chi connectivity index (χ1) is 13.7. The second-order valence-corrected chi connectivity index (χ2v) is 6.90. The summed E-state index contributed by atoms with van der Waals surface area (Å²) < 4.78 is 10.4. The minimum absolute atomic E-state index is 0.297. The van der Waals surface area contributed by atoms with Crippen molar-refractivity contribution >= 4 is 5.96 Å². The van der Waals surface area contributed by atoms with Crippen molar-refractivity contribution < 1.29 is 9.26 Å². The van der Waals surface area contributed by atoms with Crippen LogP contribution in [0.2, 0.25) is 0 Å². The third kappa shape index (κ3) is 5.45. The number of rotatable bonds is 8. The van der Waals surface area contributed by atoms with Crippen molar-refractivity contribution in [3.8, 4) is 5.75 Å². The summed E-state index contributed by atoms with van der Waals surface area (Å²) in [6.07, 6.45) is 3.17. The van der Waals surface area contributed by atoms with Gasteiger partial charge in [0, 0.05) is 26.6 Å². The molecule has 1 aromatic carbocycles. The fraction of sp³-hybridized carbons (Fsp3) is 0.550. The van der Waals surface area contributed by atoms with E-state index in [0.29, 0.717) is 30.7 Å². The molecule has 1 unspecified atom stereocenters. The number of methoxy groups -OCH3 is 1. The highest BCUT2D eigenvalue weighted by atomic mass is 16.5. The first-order valence-corrected chi connectivity index (χ1v) is 9.81. The predicted octanol–water partition coefficient (Wildman–Crippen LogP) is 1.93. The van der Waals surface area contributed by atoms with E-state index in [9.17, 15) is 0 Å². The SMILES string of the molecule is CN=C(NCCc1nc(C)no1)NCC(c1ccc(OC)cc1)N1CCCC1. The van der Waals surface area contributed by atoms with E-state index in [0.717, 1.165) is 31.3 Å². The molecule has 0 saturated carbocycles. The Hall–Kier alpha value is -2.61. The van der Waals surface area contributed by atoms with Crippen LogP contribution >= 0.6 is 0 Å². The molecular weight excluding hydrogens is 356 g/mol. The fourth-order valence-electron chi connectivity index (χ4n) is 3.48. The number of aryl methyl sites for hydroxylation is 1. The van der Waals surface area contributed by atoms with Gasteiger partial charge in [0.15, 0.2) is 11.8 Å². The zero-order valence-electron chi connectivity index (χ0n) is 16.9. The summed E-state index contributed by atoms with van der Waals surface area (Å²) in [6, 6.07) is 8.65. The van der Waals surface area contributed by atoms with Crippen LogP contribution in [0.1, 0.15) is 36.2 Å². The van der Waals surface area contributed by atoms with Gasteiger partial charge in [-0.05, 0) is 50.6 Å². The first kappa shape index (κ1) is 20.1. The average molecular weight is 387 g/mol. The van der Waals surface area contributed by atoms with Gasteiger partial charge < -0.3 is 19.9 Å². The van der Waals surface area contributed by atoms with Crippen molar-refractivity contribution in [1.82, 2.24) is 25.7 Å². The van der Waals surface area contributed by atoms with Gasteiger partial charge in [0.1, 0.15) is 5.75 Å². The molecule has 1 aliphatic heterocycles. The normalized spacial score (nSPS) is 16.2. The van der Waals surface area contributed by atoms with E-state index in [2.05, 4.69) is 42.8 Å². The van der Waals surface area contributed by atoms with Gasteiger partial charge in [0.2, 0.25) is 5.89 Å². The maximum atomic E-state index is 5.30. The van der Waals surface area contributed by atoms with Crippen LogP contribution in [0.5, 0.6) is 5.75 Å². The van der Waals surface area contributed by atoms with Crippen molar-refractivity contribution in [2.75, 3.05) is 40.3 Å². The Balaban J connectivity index is 1.56. The maximum absolute atomic E-state index is 5.30. The summed E-state index contributed by atoms with van der Waals surface area (Å²) >= 11 is 0. The first-order valence-electron chi connectivity index (χ1n) is 9.81. The molecule has 1 fully saturated rings. The molecule has 1 saturated heterocycles. The van der Waals surface area contributed by atoms with Crippen LogP contribution < -0.4 is 15.4 Å². The highest BCUT2D eigenvalue weighted by molar-refractivity contribution is 5.79. The lowest BCUT2D eigenvalue weighted by Gasteiger charge is -2.29. The Morgan fingerprint density at radius 3 is 2.61 bits per heavy atom. The van der Waals surface area contributed by atoms with Crippen molar-refractivity contribution in [2.24, 2.45) is 4.99 Å². The molecule has 2 aromatic rings. The Bertz CT molecular complexity index is 752. The van der Waals surface area contributed by atoms with Crippen molar-refractivity contribution in [3.63, 3.8) is 0 Å². The van der Waals surface area contributed by atoms with Crippen LogP contribution in [0.15, 0.2) is 33.8 Å². The molecule has 152 valence electrons. The van der Waals surface area contributed by atoms with E-state index >= 15 is 0 Å². The van der Waals surface area contributed by atoms with E-state index in [1.807, 2.05) is 19.1 Å². The number of guanidine groups is 1. The molecule has 8 nitrogen and oxygen atoms in total. The molecule has 0 spiro atoms. The van der Waals surface area contributed by atoms with E-state index in [1.54, 1.807) is 14.2 Å². The van der Waals surface area contributed by atoms with Crippen molar-refractivity contribution in [1.29, 1.82) is 0 Å². The van der Waals surface area contributed by atoms with Crippen LogP contribution in [0.4, 0.5) is 0 Å². The lowest BCUT2D eigenvalue weighted by molar-refractivity contribution is 0.245. The quantitative estimate of drug-likeness (QED) is 0.529. The summed E-state index contributed by atoms with van der Waals surface area (Å²) in [7, 11) is 3.48. The number of likely N-dealkylation sites (tertiary alicyclic amines) is 1. The molecule has 0 aliphatic carbocycles. The minimum Gasteiger partial charge on any atom is -0.497 e. The number of ether oxygens (including phenoxy) is 1. The van der Waals surface area contributed by atoms with Gasteiger partial charge >= 0.3 is 0 Å². The lowest BCUT2D eigenvalue weighted by atomic mass is 10.1. The number of nitrogens with zero attached hydrogens (tertiary/aromatic N) is 4. The minimum atomic E-state index is 0.297. The molecule has 1 aliphatic rings. The third-order valence-electron chi connectivity index (χ3n) is 4.97. The molecule has 2 heterocycles. The van der Waals surface area contributed by atoms with Gasteiger partial charge in [-0.25, -0.2) is 0 Å². The predicted molar refractivity (Wildman–Crippen MR) is 109 cm³/mol. The highest BCUT2D eigenvalue weighted by Crippen LogP contribution is 2.26. The third-order valence-corrected chi connectivity index (χ3v) is 4.97. The standard InChI is InChI=1S/C20H30N6O2/c1-15-24-19(28-25-15)10-11-22-20(21-2)23-14-18(26-12-4-5-13-26)16-6-8-17(27-3)9-7-16/h6-9,18H,4-5,10-14H2,1-3H3,(H2,21,22,23). The Morgan fingerprint density at radius 2 is 2.00 bits per heavy atom. The number of benzene rings is 1. The Kier molecular flexibility index (Phi) is 7.25. The topological polar surface area (TPSA) is 87.8 Å². The van der Waals surface area contributed by atoms with Crippen LogP contribution in [0.25, 0.3) is 0 Å². The summed E-state index contributed by atoms with van der Waals surface area (Å²) in [5, 5.41) is 10.6. The molecule has 0 bridgehead atoms. The molecule has 28 heavy (non-hydrogen) atoms. The molecular formula is C20H30N6O2. The van der Waals surface area contributed by atoms with E-state index in [4.69, 9.17) is 9.26 Å². The number of aliphatic imine (C=N–C) groups is 1. The zero-order chi connectivity index (χ0) is 19.8. The van der Waals surface area contributed by atoms with Gasteiger partial charge in [-0.1, -0.05) is 17.3 Å². The molecule has 0 radical (unpaired) electrons. The van der Waals surface area contributed by atoms with Crippen LogP contribution in [0, 0.1) is 6.92 Å². The van der Waals surface area contributed by atoms with E-state index < -0.39 is 0 Å². The largest absolute Gasteiger partial charge is 0.497 e. The molecule has 0 amide bonds. The second-order valence-electron chi connectivity index (χ2n) is 6.90. The number of nitrogens with one attached hydrogen (secondary N) is 2. The molecule has 1 aromatic heterocycles. The van der Waals surface area contributed by atoms with Gasteiger partial charge in [-0.3, -0.25) is 9.89 Å². The monoisotopic (exact) mass is 386 g/mol. The second kappa shape index (κ2) is 10.1. The number of aromatic nitrogens is 2. The zero-order valence-corrected chi connectivity index (χ0v) is 16.9. The van der Waals surface area contributed by atoms with Crippen molar-refractivity contribution in [3.05, 3.63) is 41.5 Å². The number of hydrogen-bond acceptors (Lipinski definition) is 6. The average Bonchev–Trinajstić information content (AvgIpc) is 3.39. The smallest absolute Gasteiger partial charge is 0.228 e. The summed E-state index contributed by atoms with van der Waals surface area (Å²) in [6.45, 7) is 5.53. The van der Waals surface area contributed by atoms with Gasteiger partial charge in [0.25, 0.3) is 0 Å². The maximum Gasteiger partial charge on any atom is 0.228 e. The van der Waals surface area contributed by atoms with E-state index in [1.165, 1.54) is 18.4 Å². The molecule has 8 heteroatoms. The highest BCUT2D eigenvalue weighted by Gasteiger charge is 2.23.